The van der Waals surface area contributed by atoms with Crippen LogP contribution in [0.1, 0.15) is 56.1 Å². The number of aryl methyl sites for hydroxylation is 1. The summed E-state index contributed by atoms with van der Waals surface area (Å²) < 4.78 is 11.6. The molecular formula is C29H30N2O3. The van der Waals surface area contributed by atoms with Crippen LogP contribution in [-0.4, -0.2) is 17.5 Å². The van der Waals surface area contributed by atoms with E-state index in [4.69, 9.17) is 9.15 Å². The first-order valence-corrected chi connectivity index (χ1v) is 12.2. The van der Waals surface area contributed by atoms with Gasteiger partial charge in [0.15, 0.2) is 12.2 Å². The number of fused-ring (bicyclic) bond motifs is 1. The molecule has 1 saturated carbocycles. The van der Waals surface area contributed by atoms with Crippen LogP contribution < -0.4 is 10.1 Å². The van der Waals surface area contributed by atoms with E-state index in [1.165, 1.54) is 43.2 Å². The van der Waals surface area contributed by atoms with Crippen molar-refractivity contribution >= 4 is 22.7 Å². The minimum atomic E-state index is -0.213. The first kappa shape index (κ1) is 22.2. The van der Waals surface area contributed by atoms with Crippen LogP contribution in [0, 0.1) is 0 Å². The molecule has 1 aromatic heterocycles. The molecule has 174 valence electrons. The number of nitrogens with zero attached hydrogens (tertiary/aromatic N) is 1. The third kappa shape index (κ3) is 5.14. The molecule has 5 heteroatoms. The molecule has 0 spiro atoms. The number of amides is 1. The topological polar surface area (TPSA) is 64.4 Å². The number of hydrogen-bond donors (Lipinski definition) is 1. The highest BCUT2D eigenvalue weighted by Gasteiger charge is 2.15. The summed E-state index contributed by atoms with van der Waals surface area (Å²) in [5, 5.41) is 2.89. The molecule has 0 unspecified atom stereocenters. The fourth-order valence-corrected chi connectivity index (χ4v) is 4.63. The lowest BCUT2D eigenvalue weighted by Gasteiger charge is -2.22. The number of benzene rings is 3. The number of anilines is 1. The molecule has 1 fully saturated rings. The van der Waals surface area contributed by atoms with Crippen molar-refractivity contribution < 1.29 is 13.9 Å². The summed E-state index contributed by atoms with van der Waals surface area (Å²) in [6.07, 6.45) is 7.51. The van der Waals surface area contributed by atoms with E-state index in [1.807, 2.05) is 42.5 Å². The summed E-state index contributed by atoms with van der Waals surface area (Å²) in [6, 6.07) is 21.9. The number of carbonyl (C=O) groups is 1. The molecule has 0 bridgehead atoms. The zero-order valence-electron chi connectivity index (χ0n) is 19.5. The Balaban J connectivity index is 1.18. The van der Waals surface area contributed by atoms with Crippen molar-refractivity contribution in [2.24, 2.45) is 0 Å². The Morgan fingerprint density at radius 1 is 1.00 bits per heavy atom. The smallest absolute Gasteiger partial charge is 0.262 e. The molecule has 0 saturated heterocycles. The van der Waals surface area contributed by atoms with Crippen LogP contribution in [0.15, 0.2) is 71.1 Å². The second-order valence-electron chi connectivity index (χ2n) is 8.99. The van der Waals surface area contributed by atoms with Crippen LogP contribution in [0.5, 0.6) is 5.75 Å². The van der Waals surface area contributed by atoms with Crippen LogP contribution in [-0.2, 0) is 11.2 Å². The molecule has 1 aliphatic rings. The van der Waals surface area contributed by atoms with E-state index in [0.717, 1.165) is 12.0 Å². The number of hydrogen-bond acceptors (Lipinski definition) is 4. The normalized spacial score (nSPS) is 14.3. The van der Waals surface area contributed by atoms with Crippen molar-refractivity contribution in [2.75, 3.05) is 11.9 Å². The minimum Gasteiger partial charge on any atom is -0.484 e. The van der Waals surface area contributed by atoms with Gasteiger partial charge in [-0.2, -0.15) is 0 Å². The molecule has 1 aliphatic carbocycles. The zero-order chi connectivity index (χ0) is 23.3. The summed E-state index contributed by atoms with van der Waals surface area (Å²) in [5.74, 6) is 1.73. The van der Waals surface area contributed by atoms with Crippen LogP contribution in [0.4, 0.5) is 5.69 Å². The van der Waals surface area contributed by atoms with Gasteiger partial charge < -0.3 is 14.5 Å². The van der Waals surface area contributed by atoms with Gasteiger partial charge in [-0.3, -0.25) is 4.79 Å². The Hall–Kier alpha value is -3.60. The number of rotatable bonds is 7. The van der Waals surface area contributed by atoms with E-state index < -0.39 is 0 Å². The first-order valence-electron chi connectivity index (χ1n) is 12.2. The van der Waals surface area contributed by atoms with E-state index in [0.29, 0.717) is 34.3 Å². The largest absolute Gasteiger partial charge is 0.484 e. The standard InChI is InChI=1S/C29H30N2O3/c1-2-20-8-10-23(11-9-20)29-31-26-18-24(14-17-27(26)34-29)30-28(32)19-33-25-15-12-22(13-16-25)21-6-4-3-5-7-21/h8-18,21H,2-7,19H2,1H3,(H,30,32). The molecule has 0 atom stereocenters. The van der Waals surface area contributed by atoms with Crippen LogP contribution in [0.25, 0.3) is 22.6 Å². The predicted molar refractivity (Wildman–Crippen MR) is 135 cm³/mol. The third-order valence-electron chi connectivity index (χ3n) is 6.61. The Labute approximate surface area is 200 Å². The molecule has 1 N–H and O–H groups in total. The number of nitrogens with one attached hydrogen (secondary N) is 1. The monoisotopic (exact) mass is 454 g/mol. The average Bonchev–Trinajstić information content (AvgIpc) is 3.32. The summed E-state index contributed by atoms with van der Waals surface area (Å²) in [4.78, 5) is 17.0. The van der Waals surface area contributed by atoms with Crippen molar-refractivity contribution in [1.29, 1.82) is 0 Å². The van der Waals surface area contributed by atoms with Gasteiger partial charge in [0.05, 0.1) is 0 Å². The van der Waals surface area contributed by atoms with Gasteiger partial charge in [0.2, 0.25) is 5.89 Å². The summed E-state index contributed by atoms with van der Waals surface area (Å²) in [6.45, 7) is 2.08. The lowest BCUT2D eigenvalue weighted by atomic mass is 9.84. The number of carbonyl (C=O) groups excluding carboxylic acids is 1. The van der Waals surface area contributed by atoms with E-state index in [1.54, 1.807) is 0 Å². The van der Waals surface area contributed by atoms with Gasteiger partial charge in [-0.25, -0.2) is 4.98 Å². The summed E-state index contributed by atoms with van der Waals surface area (Å²) in [5.41, 5.74) is 5.62. The van der Waals surface area contributed by atoms with Gasteiger partial charge in [0.1, 0.15) is 11.3 Å². The fourth-order valence-electron chi connectivity index (χ4n) is 4.63. The SMILES string of the molecule is CCc1ccc(-c2nc3cc(NC(=O)COc4ccc(C5CCCCC5)cc4)ccc3o2)cc1. The van der Waals surface area contributed by atoms with Crippen molar-refractivity contribution in [3.63, 3.8) is 0 Å². The number of ether oxygens (including phenoxy) is 1. The molecule has 5 nitrogen and oxygen atoms in total. The molecule has 1 amide bonds. The number of oxazole rings is 1. The predicted octanol–water partition coefficient (Wildman–Crippen LogP) is 7.12. The second kappa shape index (κ2) is 10.1. The molecule has 34 heavy (non-hydrogen) atoms. The maximum absolute atomic E-state index is 12.4. The van der Waals surface area contributed by atoms with Gasteiger partial charge in [-0.15, -0.1) is 0 Å². The number of aromatic nitrogens is 1. The van der Waals surface area contributed by atoms with E-state index in [9.17, 15) is 4.79 Å². The molecule has 1 heterocycles. The lowest BCUT2D eigenvalue weighted by molar-refractivity contribution is -0.118. The Kier molecular flexibility index (Phi) is 6.61. The maximum Gasteiger partial charge on any atom is 0.262 e. The molecule has 0 aliphatic heterocycles. The van der Waals surface area contributed by atoms with Gasteiger partial charge >= 0.3 is 0 Å². The van der Waals surface area contributed by atoms with Gasteiger partial charge in [-0.1, -0.05) is 50.5 Å². The highest BCUT2D eigenvalue weighted by Crippen LogP contribution is 2.33. The zero-order valence-corrected chi connectivity index (χ0v) is 19.5. The van der Waals surface area contributed by atoms with Crippen LogP contribution in [0.3, 0.4) is 0 Å². The van der Waals surface area contributed by atoms with E-state index in [2.05, 4.69) is 41.5 Å². The Morgan fingerprint density at radius 2 is 1.76 bits per heavy atom. The highest BCUT2D eigenvalue weighted by molar-refractivity contribution is 5.94. The van der Waals surface area contributed by atoms with Crippen LogP contribution >= 0.6 is 0 Å². The third-order valence-corrected chi connectivity index (χ3v) is 6.61. The van der Waals surface area contributed by atoms with Crippen molar-refractivity contribution in [1.82, 2.24) is 4.98 Å². The molecule has 3 aromatic carbocycles. The lowest BCUT2D eigenvalue weighted by Crippen LogP contribution is -2.20. The summed E-state index contributed by atoms with van der Waals surface area (Å²) in [7, 11) is 0. The fraction of sp³-hybridized carbons (Fsp3) is 0.310. The second-order valence-corrected chi connectivity index (χ2v) is 8.99. The Morgan fingerprint density at radius 3 is 2.50 bits per heavy atom. The maximum atomic E-state index is 12.4. The quantitative estimate of drug-likeness (QED) is 0.323. The Bertz CT molecular complexity index is 1250. The average molecular weight is 455 g/mol. The molecule has 4 aromatic rings. The van der Waals surface area contributed by atoms with Gasteiger partial charge in [-0.05, 0) is 78.8 Å². The summed E-state index contributed by atoms with van der Waals surface area (Å²) >= 11 is 0. The first-order chi connectivity index (χ1) is 16.7. The van der Waals surface area contributed by atoms with Crippen molar-refractivity contribution in [2.45, 2.75) is 51.4 Å². The van der Waals surface area contributed by atoms with Crippen LogP contribution in [0.2, 0.25) is 0 Å². The van der Waals surface area contributed by atoms with Crippen molar-refractivity contribution in [3.05, 3.63) is 77.9 Å². The molecule has 0 radical (unpaired) electrons. The van der Waals surface area contributed by atoms with Gasteiger partial charge in [0.25, 0.3) is 5.91 Å². The van der Waals surface area contributed by atoms with E-state index in [-0.39, 0.29) is 12.5 Å². The van der Waals surface area contributed by atoms with E-state index >= 15 is 0 Å². The molecular weight excluding hydrogens is 424 g/mol. The van der Waals surface area contributed by atoms with Gasteiger partial charge in [0, 0.05) is 11.3 Å². The highest BCUT2D eigenvalue weighted by atomic mass is 16.5. The molecule has 5 rings (SSSR count). The minimum absolute atomic E-state index is 0.0470. The van der Waals surface area contributed by atoms with Crippen molar-refractivity contribution in [3.8, 4) is 17.2 Å².